The van der Waals surface area contributed by atoms with Crippen LogP contribution in [0.3, 0.4) is 0 Å². The van der Waals surface area contributed by atoms with Crippen LogP contribution in [0.1, 0.15) is 39.5 Å². The van der Waals surface area contributed by atoms with Crippen molar-refractivity contribution in [2.75, 3.05) is 13.2 Å². The molecule has 0 rings (SSSR count). The predicted octanol–water partition coefficient (Wildman–Crippen LogP) is 3.20. The molecule has 0 aliphatic heterocycles. The summed E-state index contributed by atoms with van der Waals surface area (Å²) in [6, 6.07) is 0. The van der Waals surface area contributed by atoms with Crippen LogP contribution in [0.25, 0.3) is 0 Å². The van der Waals surface area contributed by atoms with Crippen molar-refractivity contribution in [2.45, 2.75) is 49.2 Å². The summed E-state index contributed by atoms with van der Waals surface area (Å²) in [7, 11) is 0. The highest BCUT2D eigenvalue weighted by molar-refractivity contribution is 9.09. The van der Waals surface area contributed by atoms with Crippen LogP contribution < -0.4 is 0 Å². The Morgan fingerprint density at radius 1 is 0.889 bits per heavy atom. The van der Waals surface area contributed by atoms with Gasteiger partial charge in [-0.05, 0) is 26.7 Å². The van der Waals surface area contributed by atoms with Crippen LogP contribution in [0.4, 0.5) is 0 Å². The Hall–Kier alpha value is -0.100. The first-order chi connectivity index (χ1) is 8.49. The quantitative estimate of drug-likeness (QED) is 0.450. The molecule has 0 aromatic heterocycles. The first-order valence-corrected chi connectivity index (χ1v) is 7.92. The molecule has 0 bridgehead atoms. The van der Waals surface area contributed by atoms with Gasteiger partial charge in [-0.3, -0.25) is 9.59 Å². The smallest absolute Gasteiger partial charge is 0.306 e. The Labute approximate surface area is 125 Å². The number of alkyl halides is 2. The van der Waals surface area contributed by atoms with Crippen LogP contribution in [-0.4, -0.2) is 34.8 Å². The number of hydrogen-bond acceptors (Lipinski definition) is 4. The minimum Gasteiger partial charge on any atom is -0.466 e. The van der Waals surface area contributed by atoms with Gasteiger partial charge in [0.25, 0.3) is 0 Å². The summed E-state index contributed by atoms with van der Waals surface area (Å²) < 4.78 is 9.72. The summed E-state index contributed by atoms with van der Waals surface area (Å²) >= 11 is 6.87. The topological polar surface area (TPSA) is 52.6 Å². The molecule has 6 heteroatoms. The van der Waals surface area contributed by atoms with E-state index in [1.807, 2.05) is 0 Å². The van der Waals surface area contributed by atoms with E-state index in [0.717, 1.165) is 12.8 Å². The van der Waals surface area contributed by atoms with E-state index in [0.29, 0.717) is 26.1 Å². The predicted molar refractivity (Wildman–Crippen MR) is 77.2 cm³/mol. The molecule has 4 nitrogen and oxygen atoms in total. The molecular formula is C12H20Br2O4. The lowest BCUT2D eigenvalue weighted by molar-refractivity contribution is -0.144. The zero-order valence-electron chi connectivity index (χ0n) is 10.8. The van der Waals surface area contributed by atoms with E-state index in [4.69, 9.17) is 9.47 Å². The third-order valence-electron chi connectivity index (χ3n) is 2.18. The zero-order valence-corrected chi connectivity index (χ0v) is 14.0. The number of rotatable bonds is 9. The maximum Gasteiger partial charge on any atom is 0.306 e. The maximum atomic E-state index is 11.2. The van der Waals surface area contributed by atoms with Gasteiger partial charge in [-0.2, -0.15) is 0 Å². The normalized spacial score (nSPS) is 13.8. The van der Waals surface area contributed by atoms with Crippen LogP contribution >= 0.6 is 31.9 Å². The number of halogens is 2. The minimum absolute atomic E-state index is 0.0822. The van der Waals surface area contributed by atoms with Gasteiger partial charge in [0, 0.05) is 9.65 Å². The summed E-state index contributed by atoms with van der Waals surface area (Å²) in [5.41, 5.74) is 0. The van der Waals surface area contributed by atoms with Gasteiger partial charge in [-0.15, -0.1) is 0 Å². The second kappa shape index (κ2) is 10.8. The standard InChI is InChI=1S/C12H20Br2O4/c1-3-17-11(15)7-9(13)5-6-10(14)8-12(16)18-4-2/h9-10H,3-8H2,1-2H3. The van der Waals surface area contributed by atoms with Crippen molar-refractivity contribution in [3.05, 3.63) is 0 Å². The summed E-state index contributed by atoms with van der Waals surface area (Å²) in [6.07, 6.45) is 2.31. The second-order valence-electron chi connectivity index (χ2n) is 3.79. The third kappa shape index (κ3) is 9.88. The molecular weight excluding hydrogens is 368 g/mol. The van der Waals surface area contributed by atoms with Gasteiger partial charge in [0.2, 0.25) is 0 Å². The van der Waals surface area contributed by atoms with Gasteiger partial charge in [-0.25, -0.2) is 0 Å². The number of carbonyl (C=O) groups excluding carboxylic acids is 2. The van der Waals surface area contributed by atoms with Crippen LogP contribution in [0, 0.1) is 0 Å². The second-order valence-corrected chi connectivity index (χ2v) is 6.38. The molecule has 0 radical (unpaired) electrons. The molecule has 2 unspecified atom stereocenters. The lowest BCUT2D eigenvalue weighted by Gasteiger charge is -2.12. The SMILES string of the molecule is CCOC(=O)CC(Br)CCC(Br)CC(=O)OCC. The number of hydrogen-bond donors (Lipinski definition) is 0. The fourth-order valence-corrected chi connectivity index (χ4v) is 2.42. The molecule has 0 aromatic carbocycles. The van der Waals surface area contributed by atoms with Gasteiger partial charge < -0.3 is 9.47 Å². The summed E-state index contributed by atoms with van der Waals surface area (Å²) in [4.78, 5) is 22.6. The summed E-state index contributed by atoms with van der Waals surface area (Å²) in [5.74, 6) is -0.396. The minimum atomic E-state index is -0.198. The summed E-state index contributed by atoms with van der Waals surface area (Å²) in [5, 5.41) is 0. The largest absolute Gasteiger partial charge is 0.466 e. The molecule has 0 N–H and O–H groups in total. The van der Waals surface area contributed by atoms with Crippen molar-refractivity contribution in [1.29, 1.82) is 0 Å². The van der Waals surface area contributed by atoms with E-state index in [1.54, 1.807) is 13.8 Å². The monoisotopic (exact) mass is 386 g/mol. The van der Waals surface area contributed by atoms with Gasteiger partial charge in [0.05, 0.1) is 26.1 Å². The Morgan fingerprint density at radius 2 is 1.22 bits per heavy atom. The van der Waals surface area contributed by atoms with Gasteiger partial charge in [0.1, 0.15) is 0 Å². The molecule has 0 amide bonds. The molecule has 0 aromatic rings. The van der Waals surface area contributed by atoms with Crippen LogP contribution in [0.2, 0.25) is 0 Å². The van der Waals surface area contributed by atoms with Crippen LogP contribution in [0.15, 0.2) is 0 Å². The van der Waals surface area contributed by atoms with Crippen molar-refractivity contribution >= 4 is 43.8 Å². The number of esters is 2. The van der Waals surface area contributed by atoms with E-state index in [2.05, 4.69) is 31.9 Å². The number of ether oxygens (including phenoxy) is 2. The fraction of sp³-hybridized carbons (Fsp3) is 0.833. The molecule has 0 saturated carbocycles. The molecule has 2 atom stereocenters. The Balaban J connectivity index is 3.73. The third-order valence-corrected chi connectivity index (χ3v) is 3.74. The average molecular weight is 388 g/mol. The summed E-state index contributed by atoms with van der Waals surface area (Å²) in [6.45, 7) is 4.38. The zero-order chi connectivity index (χ0) is 14.0. The molecule has 18 heavy (non-hydrogen) atoms. The van der Waals surface area contributed by atoms with Crippen molar-refractivity contribution in [3.63, 3.8) is 0 Å². The molecule has 0 saturated heterocycles. The highest BCUT2D eigenvalue weighted by atomic mass is 79.9. The highest BCUT2D eigenvalue weighted by Gasteiger charge is 2.16. The van der Waals surface area contributed by atoms with E-state index < -0.39 is 0 Å². The van der Waals surface area contributed by atoms with Crippen molar-refractivity contribution < 1.29 is 19.1 Å². The number of carbonyl (C=O) groups is 2. The first-order valence-electron chi connectivity index (χ1n) is 6.08. The maximum absolute atomic E-state index is 11.2. The van der Waals surface area contributed by atoms with E-state index in [1.165, 1.54) is 0 Å². The Kier molecular flexibility index (Phi) is 10.7. The molecule has 106 valence electrons. The molecule has 0 spiro atoms. The fourth-order valence-electron chi connectivity index (χ4n) is 1.37. The highest BCUT2D eigenvalue weighted by Crippen LogP contribution is 2.20. The Bertz CT molecular complexity index is 232. The van der Waals surface area contributed by atoms with Crippen LogP contribution in [0.5, 0.6) is 0 Å². The van der Waals surface area contributed by atoms with Crippen molar-refractivity contribution in [3.8, 4) is 0 Å². The molecule has 0 aliphatic carbocycles. The average Bonchev–Trinajstić information content (AvgIpc) is 2.27. The van der Waals surface area contributed by atoms with Gasteiger partial charge in [0.15, 0.2) is 0 Å². The van der Waals surface area contributed by atoms with E-state index >= 15 is 0 Å². The molecule has 0 fully saturated rings. The molecule has 0 aliphatic rings. The molecule has 0 heterocycles. The first kappa shape index (κ1) is 17.9. The lowest BCUT2D eigenvalue weighted by atomic mass is 10.1. The lowest BCUT2D eigenvalue weighted by Crippen LogP contribution is -2.15. The Morgan fingerprint density at radius 3 is 1.50 bits per heavy atom. The van der Waals surface area contributed by atoms with Crippen LogP contribution in [-0.2, 0) is 19.1 Å². The van der Waals surface area contributed by atoms with Gasteiger partial charge >= 0.3 is 11.9 Å². The van der Waals surface area contributed by atoms with Gasteiger partial charge in [-0.1, -0.05) is 31.9 Å². The van der Waals surface area contributed by atoms with E-state index in [-0.39, 0.29) is 21.6 Å². The van der Waals surface area contributed by atoms with Crippen molar-refractivity contribution in [1.82, 2.24) is 0 Å². The van der Waals surface area contributed by atoms with Crippen molar-refractivity contribution in [2.24, 2.45) is 0 Å². The van der Waals surface area contributed by atoms with E-state index in [9.17, 15) is 9.59 Å².